The first kappa shape index (κ1) is 14.8. The minimum Gasteiger partial charge on any atom is -0.393 e. The molecule has 0 aliphatic carbocycles. The molecule has 0 aliphatic heterocycles. The first-order valence-corrected chi connectivity index (χ1v) is 6.70. The predicted molar refractivity (Wildman–Crippen MR) is 65.8 cm³/mol. The van der Waals surface area contributed by atoms with E-state index in [1.54, 1.807) is 6.92 Å². The maximum absolute atomic E-state index is 11.7. The van der Waals surface area contributed by atoms with Gasteiger partial charge in [0, 0.05) is 25.6 Å². The van der Waals surface area contributed by atoms with Gasteiger partial charge in [0.1, 0.15) is 0 Å². The maximum Gasteiger partial charge on any atom is 0.279 e. The van der Waals surface area contributed by atoms with Crippen molar-refractivity contribution in [2.24, 2.45) is 5.73 Å². The van der Waals surface area contributed by atoms with Crippen molar-refractivity contribution in [3.63, 3.8) is 0 Å². The third-order valence-electron chi connectivity index (χ3n) is 1.79. The molecule has 15 heavy (non-hydrogen) atoms. The Morgan fingerprint density at radius 1 is 1.53 bits per heavy atom. The molecule has 0 rings (SSSR count). The van der Waals surface area contributed by atoms with E-state index in [1.807, 2.05) is 13.8 Å². The van der Waals surface area contributed by atoms with Crippen LogP contribution >= 0.6 is 12.2 Å². The van der Waals surface area contributed by atoms with Gasteiger partial charge in [-0.25, -0.2) is 4.72 Å². The van der Waals surface area contributed by atoms with Gasteiger partial charge in [0.25, 0.3) is 10.2 Å². The van der Waals surface area contributed by atoms with E-state index in [2.05, 4.69) is 4.72 Å². The molecule has 3 N–H and O–H groups in total. The SMILES string of the molecule is CCNS(=O)(=O)N(CCC(N)=S)C(C)C. The van der Waals surface area contributed by atoms with Gasteiger partial charge >= 0.3 is 0 Å². The van der Waals surface area contributed by atoms with Crippen molar-refractivity contribution in [2.45, 2.75) is 33.2 Å². The summed E-state index contributed by atoms with van der Waals surface area (Å²) in [5.41, 5.74) is 5.35. The number of hydrogen-bond donors (Lipinski definition) is 2. The summed E-state index contributed by atoms with van der Waals surface area (Å²) in [6.07, 6.45) is 0.401. The van der Waals surface area contributed by atoms with Crippen LogP contribution in [-0.2, 0) is 10.2 Å². The fourth-order valence-electron chi connectivity index (χ4n) is 1.14. The zero-order valence-corrected chi connectivity index (χ0v) is 11.0. The van der Waals surface area contributed by atoms with Crippen molar-refractivity contribution in [3.05, 3.63) is 0 Å². The van der Waals surface area contributed by atoms with Gasteiger partial charge in [-0.05, 0) is 13.8 Å². The van der Waals surface area contributed by atoms with Crippen molar-refractivity contribution in [1.29, 1.82) is 0 Å². The second-order valence-electron chi connectivity index (χ2n) is 3.42. The van der Waals surface area contributed by atoms with Crippen molar-refractivity contribution < 1.29 is 8.42 Å². The number of nitrogens with two attached hydrogens (primary N) is 1. The van der Waals surface area contributed by atoms with Gasteiger partial charge in [0.15, 0.2) is 0 Å². The standard InChI is InChI=1S/C8H19N3O2S2/c1-4-10-15(12,13)11(7(2)3)6-5-8(9)14/h7,10H,4-6H2,1-3H3,(H2,9,14). The molecule has 0 aliphatic rings. The van der Waals surface area contributed by atoms with Crippen molar-refractivity contribution >= 4 is 27.4 Å². The highest BCUT2D eigenvalue weighted by Gasteiger charge is 2.23. The van der Waals surface area contributed by atoms with E-state index in [-0.39, 0.29) is 6.04 Å². The molecule has 90 valence electrons. The Bertz CT molecular complexity index is 301. The van der Waals surface area contributed by atoms with Crippen LogP contribution in [-0.4, -0.2) is 36.8 Å². The lowest BCUT2D eigenvalue weighted by Gasteiger charge is -2.25. The fraction of sp³-hybridized carbons (Fsp3) is 0.875. The fourth-order valence-corrected chi connectivity index (χ4v) is 2.65. The van der Waals surface area contributed by atoms with Gasteiger partial charge in [-0.3, -0.25) is 0 Å². The quantitative estimate of drug-likeness (QED) is 0.637. The molecular weight excluding hydrogens is 234 g/mol. The lowest BCUT2D eigenvalue weighted by atomic mass is 10.3. The van der Waals surface area contributed by atoms with Crippen LogP contribution in [0.15, 0.2) is 0 Å². The smallest absolute Gasteiger partial charge is 0.279 e. The van der Waals surface area contributed by atoms with E-state index >= 15 is 0 Å². The molecule has 0 aromatic carbocycles. The van der Waals surface area contributed by atoms with Crippen molar-refractivity contribution in [2.75, 3.05) is 13.1 Å². The number of rotatable bonds is 7. The molecule has 0 heterocycles. The topological polar surface area (TPSA) is 75.4 Å². The second-order valence-corrected chi connectivity index (χ2v) is 5.66. The molecule has 0 spiro atoms. The number of thiocarbonyl (C=S) groups is 1. The van der Waals surface area contributed by atoms with Crippen molar-refractivity contribution in [3.8, 4) is 0 Å². The Morgan fingerprint density at radius 2 is 2.07 bits per heavy atom. The minimum atomic E-state index is -3.40. The zero-order valence-electron chi connectivity index (χ0n) is 9.36. The van der Waals surface area contributed by atoms with E-state index in [0.717, 1.165) is 0 Å². The molecular formula is C8H19N3O2S2. The molecule has 0 aromatic rings. The lowest BCUT2D eigenvalue weighted by Crippen LogP contribution is -2.45. The molecule has 0 atom stereocenters. The predicted octanol–water partition coefficient (Wildman–Crippen LogP) is 0.227. The molecule has 5 nitrogen and oxygen atoms in total. The normalized spacial score (nSPS) is 12.3. The molecule has 0 saturated carbocycles. The Morgan fingerprint density at radius 3 is 2.40 bits per heavy atom. The molecule has 0 saturated heterocycles. The van der Waals surface area contributed by atoms with Crippen LogP contribution in [0.3, 0.4) is 0 Å². The van der Waals surface area contributed by atoms with Crippen LogP contribution in [0.5, 0.6) is 0 Å². The highest BCUT2D eigenvalue weighted by molar-refractivity contribution is 7.87. The summed E-state index contributed by atoms with van der Waals surface area (Å²) in [5, 5.41) is 0. The van der Waals surface area contributed by atoms with E-state index in [4.69, 9.17) is 18.0 Å². The summed E-state index contributed by atoms with van der Waals surface area (Å²) in [4.78, 5) is 0.326. The van der Waals surface area contributed by atoms with Crippen LogP contribution < -0.4 is 10.5 Å². The molecule has 0 unspecified atom stereocenters. The minimum absolute atomic E-state index is 0.108. The highest BCUT2D eigenvalue weighted by Crippen LogP contribution is 2.05. The van der Waals surface area contributed by atoms with Crippen LogP contribution in [0.2, 0.25) is 0 Å². The van der Waals surface area contributed by atoms with Crippen molar-refractivity contribution in [1.82, 2.24) is 9.03 Å². The zero-order chi connectivity index (χ0) is 12.1. The third kappa shape index (κ3) is 5.41. The van der Waals surface area contributed by atoms with Gasteiger partial charge in [-0.2, -0.15) is 12.7 Å². The molecule has 0 aromatic heterocycles. The van der Waals surface area contributed by atoms with E-state index < -0.39 is 10.2 Å². The van der Waals surface area contributed by atoms with Gasteiger partial charge < -0.3 is 5.73 Å². The van der Waals surface area contributed by atoms with Gasteiger partial charge in [-0.15, -0.1) is 0 Å². The average molecular weight is 253 g/mol. The molecule has 7 heteroatoms. The van der Waals surface area contributed by atoms with Crippen LogP contribution in [0, 0.1) is 0 Å². The maximum atomic E-state index is 11.7. The van der Waals surface area contributed by atoms with Gasteiger partial charge in [-0.1, -0.05) is 19.1 Å². The Balaban J connectivity index is 4.59. The number of hydrogen-bond acceptors (Lipinski definition) is 3. The first-order valence-electron chi connectivity index (χ1n) is 4.86. The first-order chi connectivity index (χ1) is 6.81. The molecule has 0 bridgehead atoms. The second kappa shape index (κ2) is 6.37. The summed E-state index contributed by atoms with van der Waals surface area (Å²) >= 11 is 4.72. The summed E-state index contributed by atoms with van der Waals surface area (Å²) in [7, 11) is -3.40. The largest absolute Gasteiger partial charge is 0.393 e. The van der Waals surface area contributed by atoms with Crippen LogP contribution in [0.25, 0.3) is 0 Å². The lowest BCUT2D eigenvalue weighted by molar-refractivity contribution is 0.357. The summed E-state index contributed by atoms with van der Waals surface area (Å²) in [5.74, 6) is 0. The third-order valence-corrected chi connectivity index (χ3v) is 3.87. The summed E-state index contributed by atoms with van der Waals surface area (Å²) < 4.78 is 27.2. The van der Waals surface area contributed by atoms with E-state index in [1.165, 1.54) is 4.31 Å². The Kier molecular flexibility index (Phi) is 6.26. The average Bonchev–Trinajstić information content (AvgIpc) is 2.01. The Labute approximate surface area is 97.2 Å². The molecule has 0 fully saturated rings. The summed E-state index contributed by atoms with van der Waals surface area (Å²) in [6.45, 7) is 6.06. The molecule has 0 radical (unpaired) electrons. The van der Waals surface area contributed by atoms with Crippen LogP contribution in [0.4, 0.5) is 0 Å². The van der Waals surface area contributed by atoms with E-state index in [9.17, 15) is 8.42 Å². The number of nitrogens with one attached hydrogen (secondary N) is 1. The Hall–Kier alpha value is -0.240. The molecule has 0 amide bonds. The van der Waals surface area contributed by atoms with E-state index in [0.29, 0.717) is 24.5 Å². The summed E-state index contributed by atoms with van der Waals surface area (Å²) in [6, 6.07) is -0.108. The number of nitrogens with zero attached hydrogens (tertiary/aromatic N) is 1. The van der Waals surface area contributed by atoms with Gasteiger partial charge in [0.05, 0.1) is 4.99 Å². The highest BCUT2D eigenvalue weighted by atomic mass is 32.2. The van der Waals surface area contributed by atoms with Gasteiger partial charge in [0.2, 0.25) is 0 Å². The van der Waals surface area contributed by atoms with Crippen LogP contribution in [0.1, 0.15) is 27.2 Å². The monoisotopic (exact) mass is 253 g/mol.